The van der Waals surface area contributed by atoms with Gasteiger partial charge in [-0.15, -0.1) is 0 Å². The molecule has 2 aromatic rings. The van der Waals surface area contributed by atoms with Crippen LogP contribution in [0, 0.1) is 20.2 Å². The van der Waals surface area contributed by atoms with Crippen LogP contribution < -0.4 is 0 Å². The number of nitro groups is 2. The summed E-state index contributed by atoms with van der Waals surface area (Å²) in [7, 11) is 0. The highest BCUT2D eigenvalue weighted by Gasteiger charge is 2.06. The minimum atomic E-state index is -0.625. The second-order valence-electron chi connectivity index (χ2n) is 4.72. The van der Waals surface area contributed by atoms with Crippen molar-refractivity contribution in [1.29, 1.82) is 0 Å². The Morgan fingerprint density at radius 1 is 1.00 bits per heavy atom. The van der Waals surface area contributed by atoms with Gasteiger partial charge in [-0.25, -0.2) is 4.79 Å². The van der Waals surface area contributed by atoms with Gasteiger partial charge in [-0.3, -0.25) is 20.2 Å². The highest BCUT2D eigenvalue weighted by Crippen LogP contribution is 2.15. The van der Waals surface area contributed by atoms with Crippen molar-refractivity contribution in [2.45, 2.75) is 6.61 Å². The van der Waals surface area contributed by atoms with Gasteiger partial charge >= 0.3 is 5.97 Å². The zero-order valence-electron chi connectivity index (χ0n) is 12.3. The molecule has 0 aliphatic heterocycles. The van der Waals surface area contributed by atoms with Crippen LogP contribution in [-0.2, 0) is 16.1 Å². The summed E-state index contributed by atoms with van der Waals surface area (Å²) in [6.07, 6.45) is 2.57. The van der Waals surface area contributed by atoms with E-state index in [0.717, 1.165) is 6.08 Å². The van der Waals surface area contributed by atoms with E-state index in [1.54, 1.807) is 6.07 Å². The molecule has 0 fully saturated rings. The third-order valence-corrected chi connectivity index (χ3v) is 3.02. The zero-order chi connectivity index (χ0) is 17.5. The largest absolute Gasteiger partial charge is 0.458 e. The molecule has 0 aromatic heterocycles. The van der Waals surface area contributed by atoms with E-state index in [-0.39, 0.29) is 18.0 Å². The van der Waals surface area contributed by atoms with E-state index in [1.165, 1.54) is 48.5 Å². The first-order valence-corrected chi connectivity index (χ1v) is 6.78. The average Bonchev–Trinajstić information content (AvgIpc) is 2.58. The number of ether oxygens (including phenoxy) is 1. The minimum absolute atomic E-state index is 0.0316. The molecule has 24 heavy (non-hydrogen) atoms. The quantitative estimate of drug-likeness (QED) is 0.348. The standard InChI is InChI=1S/C16H12N2O6/c19-16(9-6-12-2-1-3-15(10-12)18(22)23)24-11-13-4-7-14(8-5-13)17(20)21/h1-10H,11H2/b9-6+. The zero-order valence-corrected chi connectivity index (χ0v) is 12.3. The van der Waals surface area contributed by atoms with Gasteiger partial charge in [0.15, 0.2) is 0 Å². The fraction of sp³-hybridized carbons (Fsp3) is 0.0625. The van der Waals surface area contributed by atoms with Crippen molar-refractivity contribution >= 4 is 23.4 Å². The Morgan fingerprint density at radius 3 is 2.29 bits per heavy atom. The topological polar surface area (TPSA) is 113 Å². The highest BCUT2D eigenvalue weighted by molar-refractivity contribution is 5.87. The number of benzene rings is 2. The molecule has 0 aliphatic rings. The van der Waals surface area contributed by atoms with Crippen LogP contribution in [0.2, 0.25) is 0 Å². The van der Waals surface area contributed by atoms with Crippen LogP contribution in [0.25, 0.3) is 6.08 Å². The predicted molar refractivity (Wildman–Crippen MR) is 85.0 cm³/mol. The number of carbonyl (C=O) groups is 1. The number of non-ortho nitro benzene ring substituents is 2. The van der Waals surface area contributed by atoms with Crippen molar-refractivity contribution < 1.29 is 19.4 Å². The molecule has 0 amide bonds. The normalized spacial score (nSPS) is 10.5. The number of rotatable bonds is 6. The van der Waals surface area contributed by atoms with Crippen LogP contribution in [0.3, 0.4) is 0 Å². The van der Waals surface area contributed by atoms with Crippen LogP contribution in [0.1, 0.15) is 11.1 Å². The third kappa shape index (κ3) is 4.73. The Morgan fingerprint density at radius 2 is 1.67 bits per heavy atom. The molecule has 0 bridgehead atoms. The van der Waals surface area contributed by atoms with Crippen molar-refractivity contribution in [3.05, 3.63) is 86.0 Å². The number of nitrogens with zero attached hydrogens (tertiary/aromatic N) is 2. The molecular weight excluding hydrogens is 316 g/mol. The number of esters is 1. The Bertz CT molecular complexity index is 798. The summed E-state index contributed by atoms with van der Waals surface area (Å²) in [6.45, 7) is -0.0316. The van der Waals surface area contributed by atoms with E-state index in [4.69, 9.17) is 4.74 Å². The molecule has 0 heterocycles. The second kappa shape index (κ2) is 7.63. The molecule has 0 aliphatic carbocycles. The lowest BCUT2D eigenvalue weighted by Gasteiger charge is -2.02. The van der Waals surface area contributed by atoms with Crippen molar-refractivity contribution in [2.24, 2.45) is 0 Å². The summed E-state index contributed by atoms with van der Waals surface area (Å²) >= 11 is 0. The van der Waals surface area contributed by atoms with Gasteiger partial charge in [0, 0.05) is 30.3 Å². The number of carbonyl (C=O) groups excluding carboxylic acids is 1. The second-order valence-corrected chi connectivity index (χ2v) is 4.72. The summed E-state index contributed by atoms with van der Waals surface area (Å²) in [4.78, 5) is 31.8. The van der Waals surface area contributed by atoms with Crippen LogP contribution >= 0.6 is 0 Å². The molecule has 2 aromatic carbocycles. The molecule has 2 rings (SSSR count). The summed E-state index contributed by atoms with van der Waals surface area (Å²) in [5.74, 6) is -0.625. The molecule has 8 heteroatoms. The molecule has 0 radical (unpaired) electrons. The Hall–Kier alpha value is -3.55. The summed E-state index contributed by atoms with van der Waals surface area (Å²) in [5.41, 5.74) is 0.987. The molecular formula is C16H12N2O6. The number of hydrogen-bond donors (Lipinski definition) is 0. The van der Waals surface area contributed by atoms with Gasteiger partial charge in [0.25, 0.3) is 11.4 Å². The van der Waals surface area contributed by atoms with Gasteiger partial charge in [0.1, 0.15) is 6.61 Å². The lowest BCUT2D eigenvalue weighted by Crippen LogP contribution is -2.00. The fourth-order valence-electron chi connectivity index (χ4n) is 1.82. The summed E-state index contributed by atoms with van der Waals surface area (Å²) in [5, 5.41) is 21.2. The average molecular weight is 328 g/mol. The van der Waals surface area contributed by atoms with E-state index in [0.29, 0.717) is 11.1 Å². The minimum Gasteiger partial charge on any atom is -0.458 e. The molecule has 0 spiro atoms. The van der Waals surface area contributed by atoms with Crippen LogP contribution in [-0.4, -0.2) is 15.8 Å². The molecule has 0 unspecified atom stereocenters. The summed E-state index contributed by atoms with van der Waals surface area (Å²) < 4.78 is 5.00. The Labute approximate surface area is 136 Å². The SMILES string of the molecule is O=C(/C=C/c1cccc([N+](=O)[O-])c1)OCc1ccc([N+](=O)[O-])cc1. The third-order valence-electron chi connectivity index (χ3n) is 3.02. The first kappa shape index (κ1) is 16.8. The van der Waals surface area contributed by atoms with Crippen LogP contribution in [0.4, 0.5) is 11.4 Å². The number of hydrogen-bond acceptors (Lipinski definition) is 6. The van der Waals surface area contributed by atoms with Gasteiger partial charge in [-0.05, 0) is 29.3 Å². The van der Waals surface area contributed by atoms with E-state index in [1.807, 2.05) is 0 Å². The van der Waals surface area contributed by atoms with Crippen molar-refractivity contribution in [3.63, 3.8) is 0 Å². The van der Waals surface area contributed by atoms with Crippen molar-refractivity contribution in [2.75, 3.05) is 0 Å². The molecule has 0 saturated carbocycles. The summed E-state index contributed by atoms with van der Waals surface area (Å²) in [6, 6.07) is 11.5. The maximum absolute atomic E-state index is 11.6. The molecule has 0 N–H and O–H groups in total. The van der Waals surface area contributed by atoms with Crippen molar-refractivity contribution in [1.82, 2.24) is 0 Å². The maximum atomic E-state index is 11.6. The Kier molecular flexibility index (Phi) is 5.35. The van der Waals surface area contributed by atoms with Crippen LogP contribution in [0.5, 0.6) is 0 Å². The smallest absolute Gasteiger partial charge is 0.331 e. The van der Waals surface area contributed by atoms with E-state index in [2.05, 4.69) is 0 Å². The predicted octanol–water partition coefficient (Wildman–Crippen LogP) is 3.26. The molecule has 0 saturated heterocycles. The van der Waals surface area contributed by atoms with Gasteiger partial charge in [0.05, 0.1) is 9.85 Å². The van der Waals surface area contributed by atoms with Crippen molar-refractivity contribution in [3.8, 4) is 0 Å². The fourth-order valence-corrected chi connectivity index (χ4v) is 1.82. The van der Waals surface area contributed by atoms with Gasteiger partial charge in [-0.2, -0.15) is 0 Å². The van der Waals surface area contributed by atoms with E-state index < -0.39 is 15.8 Å². The number of nitro benzene ring substituents is 2. The molecule has 0 atom stereocenters. The van der Waals surface area contributed by atoms with Gasteiger partial charge < -0.3 is 4.74 Å². The molecule has 8 nitrogen and oxygen atoms in total. The lowest BCUT2D eigenvalue weighted by atomic mass is 10.2. The lowest BCUT2D eigenvalue weighted by molar-refractivity contribution is -0.385. The highest BCUT2D eigenvalue weighted by atomic mass is 16.6. The van der Waals surface area contributed by atoms with Crippen LogP contribution in [0.15, 0.2) is 54.6 Å². The van der Waals surface area contributed by atoms with E-state index in [9.17, 15) is 25.0 Å². The monoisotopic (exact) mass is 328 g/mol. The maximum Gasteiger partial charge on any atom is 0.331 e. The Balaban J connectivity index is 1.92. The van der Waals surface area contributed by atoms with E-state index >= 15 is 0 Å². The molecule has 122 valence electrons. The first-order valence-electron chi connectivity index (χ1n) is 6.78. The first-order chi connectivity index (χ1) is 11.5. The van der Waals surface area contributed by atoms with Gasteiger partial charge in [0.2, 0.25) is 0 Å². The van der Waals surface area contributed by atoms with Gasteiger partial charge in [-0.1, -0.05) is 12.1 Å².